The van der Waals surface area contributed by atoms with Crippen LogP contribution in [-0.4, -0.2) is 59.6 Å². The Morgan fingerprint density at radius 2 is 1.54 bits per heavy atom. The standard InChI is InChI=1S/C17H27BrO6/c1-19-8-10-21-13-23-16-5-6-17(15(12-16)4-3-7-18)24-14-22-11-9-20-2/h5-6,12H,3-4,7-11,13-14H2,1-2H3. The molecular weight excluding hydrogens is 380 g/mol. The lowest BCUT2D eigenvalue weighted by Gasteiger charge is -2.14. The summed E-state index contributed by atoms with van der Waals surface area (Å²) in [4.78, 5) is 0. The van der Waals surface area contributed by atoms with Crippen molar-refractivity contribution in [2.75, 3.05) is 59.6 Å². The number of hydrogen-bond donors (Lipinski definition) is 0. The highest BCUT2D eigenvalue weighted by Crippen LogP contribution is 2.26. The monoisotopic (exact) mass is 406 g/mol. The molecule has 7 heteroatoms. The van der Waals surface area contributed by atoms with Crippen LogP contribution in [-0.2, 0) is 25.4 Å². The van der Waals surface area contributed by atoms with E-state index in [1.165, 1.54) is 0 Å². The number of benzene rings is 1. The van der Waals surface area contributed by atoms with Crippen LogP contribution in [0.15, 0.2) is 18.2 Å². The number of aryl methyl sites for hydroxylation is 1. The summed E-state index contributed by atoms with van der Waals surface area (Å²) in [5, 5.41) is 0.933. The number of ether oxygens (including phenoxy) is 6. The maximum Gasteiger partial charge on any atom is 0.189 e. The van der Waals surface area contributed by atoms with E-state index in [1.807, 2.05) is 18.2 Å². The summed E-state index contributed by atoms with van der Waals surface area (Å²) in [6, 6.07) is 5.74. The quantitative estimate of drug-likeness (QED) is 0.253. The van der Waals surface area contributed by atoms with E-state index in [-0.39, 0.29) is 13.6 Å². The van der Waals surface area contributed by atoms with Crippen molar-refractivity contribution in [3.05, 3.63) is 23.8 Å². The molecule has 0 saturated carbocycles. The fourth-order valence-corrected chi connectivity index (χ4v) is 2.14. The molecule has 0 atom stereocenters. The van der Waals surface area contributed by atoms with Crippen molar-refractivity contribution >= 4 is 15.9 Å². The Balaban J connectivity index is 2.50. The van der Waals surface area contributed by atoms with Crippen molar-refractivity contribution in [3.8, 4) is 11.5 Å². The molecule has 0 aliphatic heterocycles. The zero-order valence-corrected chi connectivity index (χ0v) is 16.0. The second kappa shape index (κ2) is 14.5. The molecule has 24 heavy (non-hydrogen) atoms. The largest absolute Gasteiger partial charge is 0.468 e. The third kappa shape index (κ3) is 9.44. The summed E-state index contributed by atoms with van der Waals surface area (Å²) in [5.74, 6) is 1.56. The molecule has 0 spiro atoms. The Hall–Kier alpha value is -0.860. The van der Waals surface area contributed by atoms with Crippen molar-refractivity contribution in [2.24, 2.45) is 0 Å². The molecule has 0 aromatic heterocycles. The van der Waals surface area contributed by atoms with E-state index in [2.05, 4.69) is 15.9 Å². The van der Waals surface area contributed by atoms with Crippen LogP contribution in [0.3, 0.4) is 0 Å². The first kappa shape index (κ1) is 21.2. The molecule has 0 saturated heterocycles. The molecule has 0 bridgehead atoms. The Bertz CT molecular complexity index is 430. The Morgan fingerprint density at radius 1 is 0.875 bits per heavy atom. The first-order chi connectivity index (χ1) is 11.8. The van der Waals surface area contributed by atoms with Gasteiger partial charge in [-0.1, -0.05) is 15.9 Å². The van der Waals surface area contributed by atoms with Crippen LogP contribution >= 0.6 is 15.9 Å². The molecule has 6 nitrogen and oxygen atoms in total. The van der Waals surface area contributed by atoms with Gasteiger partial charge < -0.3 is 28.4 Å². The number of rotatable bonds is 15. The molecule has 1 rings (SSSR count). The average molecular weight is 407 g/mol. The molecule has 0 aliphatic rings. The molecule has 0 amide bonds. The highest BCUT2D eigenvalue weighted by molar-refractivity contribution is 9.09. The minimum atomic E-state index is 0.196. The van der Waals surface area contributed by atoms with E-state index in [1.54, 1.807) is 14.2 Å². The molecule has 0 radical (unpaired) electrons. The van der Waals surface area contributed by atoms with Gasteiger partial charge >= 0.3 is 0 Å². The Morgan fingerprint density at radius 3 is 2.17 bits per heavy atom. The van der Waals surface area contributed by atoms with Gasteiger partial charge in [0, 0.05) is 19.5 Å². The maximum atomic E-state index is 5.70. The first-order valence-electron chi connectivity index (χ1n) is 7.89. The first-order valence-corrected chi connectivity index (χ1v) is 9.01. The summed E-state index contributed by atoms with van der Waals surface area (Å²) in [6.45, 7) is 2.51. The highest BCUT2D eigenvalue weighted by atomic mass is 79.9. The zero-order chi connectivity index (χ0) is 17.5. The predicted octanol–water partition coefficient (Wildman–Crippen LogP) is 3.01. The maximum absolute atomic E-state index is 5.70. The predicted molar refractivity (Wildman–Crippen MR) is 95.2 cm³/mol. The summed E-state index contributed by atoms with van der Waals surface area (Å²) in [5.41, 5.74) is 1.08. The van der Waals surface area contributed by atoms with Crippen molar-refractivity contribution < 1.29 is 28.4 Å². The van der Waals surface area contributed by atoms with Crippen LogP contribution in [0.25, 0.3) is 0 Å². The molecule has 0 N–H and O–H groups in total. The molecule has 138 valence electrons. The van der Waals surface area contributed by atoms with E-state index in [0.717, 1.165) is 35.2 Å². The molecule has 0 aliphatic carbocycles. The molecule has 0 heterocycles. The van der Waals surface area contributed by atoms with E-state index in [4.69, 9.17) is 28.4 Å². The summed E-state index contributed by atoms with van der Waals surface area (Å²) >= 11 is 3.45. The average Bonchev–Trinajstić information content (AvgIpc) is 2.60. The van der Waals surface area contributed by atoms with Crippen molar-refractivity contribution in [2.45, 2.75) is 12.8 Å². The lowest BCUT2D eigenvalue weighted by Crippen LogP contribution is -2.10. The number of halogens is 1. The van der Waals surface area contributed by atoms with Crippen LogP contribution in [0.5, 0.6) is 11.5 Å². The van der Waals surface area contributed by atoms with Gasteiger partial charge in [0.25, 0.3) is 0 Å². The fourth-order valence-electron chi connectivity index (χ4n) is 1.86. The van der Waals surface area contributed by atoms with Crippen LogP contribution in [0.1, 0.15) is 12.0 Å². The summed E-state index contributed by atoms with van der Waals surface area (Å²) in [6.07, 6.45) is 1.90. The Kier molecular flexibility index (Phi) is 12.8. The van der Waals surface area contributed by atoms with E-state index >= 15 is 0 Å². The van der Waals surface area contributed by atoms with Gasteiger partial charge in [0.2, 0.25) is 0 Å². The van der Waals surface area contributed by atoms with Gasteiger partial charge in [-0.2, -0.15) is 0 Å². The third-order valence-electron chi connectivity index (χ3n) is 3.08. The Labute approximate surface area is 152 Å². The van der Waals surface area contributed by atoms with Crippen LogP contribution < -0.4 is 9.47 Å². The number of alkyl halides is 1. The highest BCUT2D eigenvalue weighted by Gasteiger charge is 2.07. The number of methoxy groups -OCH3 is 2. The lowest BCUT2D eigenvalue weighted by atomic mass is 10.1. The normalized spacial score (nSPS) is 10.8. The van der Waals surface area contributed by atoms with Gasteiger partial charge in [0.15, 0.2) is 13.6 Å². The fraction of sp³-hybridized carbons (Fsp3) is 0.647. The van der Waals surface area contributed by atoms with Crippen molar-refractivity contribution in [1.82, 2.24) is 0 Å². The second-order valence-electron chi connectivity index (χ2n) is 4.89. The van der Waals surface area contributed by atoms with Gasteiger partial charge in [0.05, 0.1) is 26.4 Å². The van der Waals surface area contributed by atoms with Crippen molar-refractivity contribution in [1.29, 1.82) is 0 Å². The molecule has 1 aromatic carbocycles. The SMILES string of the molecule is COCCOCOc1ccc(OCOCCOC)c(CCCBr)c1. The van der Waals surface area contributed by atoms with Gasteiger partial charge in [-0.25, -0.2) is 0 Å². The van der Waals surface area contributed by atoms with Gasteiger partial charge in [0.1, 0.15) is 11.5 Å². The number of hydrogen-bond acceptors (Lipinski definition) is 6. The van der Waals surface area contributed by atoms with E-state index in [0.29, 0.717) is 26.4 Å². The van der Waals surface area contributed by atoms with Gasteiger partial charge in [-0.05, 0) is 36.6 Å². The second-order valence-corrected chi connectivity index (χ2v) is 5.68. The smallest absolute Gasteiger partial charge is 0.189 e. The van der Waals surface area contributed by atoms with Crippen LogP contribution in [0, 0.1) is 0 Å². The summed E-state index contributed by atoms with van der Waals surface area (Å²) in [7, 11) is 3.28. The lowest BCUT2D eigenvalue weighted by molar-refractivity contribution is -0.0105. The van der Waals surface area contributed by atoms with Gasteiger partial charge in [-0.15, -0.1) is 0 Å². The third-order valence-corrected chi connectivity index (χ3v) is 3.64. The minimum Gasteiger partial charge on any atom is -0.468 e. The van der Waals surface area contributed by atoms with E-state index < -0.39 is 0 Å². The minimum absolute atomic E-state index is 0.196. The molecule has 0 fully saturated rings. The van der Waals surface area contributed by atoms with Crippen LogP contribution in [0.4, 0.5) is 0 Å². The topological polar surface area (TPSA) is 55.4 Å². The van der Waals surface area contributed by atoms with E-state index in [9.17, 15) is 0 Å². The van der Waals surface area contributed by atoms with Crippen LogP contribution in [0.2, 0.25) is 0 Å². The van der Waals surface area contributed by atoms with Crippen molar-refractivity contribution in [3.63, 3.8) is 0 Å². The molecular formula is C17H27BrO6. The van der Waals surface area contributed by atoms with Gasteiger partial charge in [-0.3, -0.25) is 0 Å². The molecule has 0 unspecified atom stereocenters. The zero-order valence-electron chi connectivity index (χ0n) is 14.4. The summed E-state index contributed by atoms with van der Waals surface area (Å²) < 4.78 is 31.8. The molecule has 1 aromatic rings.